The highest BCUT2D eigenvalue weighted by atomic mass is 127. The number of likely N-dealkylation sites (N-methyl/N-ethyl adjacent to an activating group) is 1. The van der Waals surface area contributed by atoms with Gasteiger partial charge in [0.05, 0.1) is 0 Å². The van der Waals surface area contributed by atoms with Crippen LogP contribution in [0.15, 0.2) is 4.99 Å². The quantitative estimate of drug-likeness (QED) is 0.255. The molecule has 1 heterocycles. The third kappa shape index (κ3) is 10.3. The molecule has 0 aromatic carbocycles. The van der Waals surface area contributed by atoms with E-state index in [4.69, 9.17) is 0 Å². The lowest BCUT2D eigenvalue weighted by atomic mass is 9.99. The van der Waals surface area contributed by atoms with Crippen LogP contribution in [0.3, 0.4) is 0 Å². The summed E-state index contributed by atoms with van der Waals surface area (Å²) >= 11 is 0. The van der Waals surface area contributed by atoms with Crippen molar-refractivity contribution < 1.29 is 4.79 Å². The lowest BCUT2D eigenvalue weighted by molar-refractivity contribution is -0.127. The van der Waals surface area contributed by atoms with E-state index in [1.165, 1.54) is 38.9 Å². The first kappa shape index (κ1) is 23.4. The molecule has 2 N–H and O–H groups in total. The fourth-order valence-corrected chi connectivity index (χ4v) is 2.58. The number of hydrogen-bond acceptors (Lipinski definition) is 3. The van der Waals surface area contributed by atoms with Gasteiger partial charge in [-0.25, -0.2) is 4.99 Å². The standard InChI is InChI=1S/C17H35N5O.HI/c1-5-18-17(20-14-16(23)21(3)4)19-10-6-7-11-22-12-8-15(2)9-13-22;/h15H,5-14H2,1-4H3,(H2,18,19,20);1H. The molecule has 6 nitrogen and oxygen atoms in total. The van der Waals surface area contributed by atoms with E-state index in [9.17, 15) is 4.79 Å². The topological polar surface area (TPSA) is 60.0 Å². The maximum atomic E-state index is 11.6. The van der Waals surface area contributed by atoms with Crippen molar-refractivity contribution >= 4 is 35.8 Å². The average Bonchev–Trinajstić information content (AvgIpc) is 2.53. The predicted molar refractivity (Wildman–Crippen MR) is 112 cm³/mol. The van der Waals surface area contributed by atoms with Crippen molar-refractivity contribution in [3.8, 4) is 0 Å². The molecule has 0 aliphatic carbocycles. The normalized spacial score (nSPS) is 16.4. The molecule has 1 aliphatic rings. The second-order valence-electron chi connectivity index (χ2n) is 6.64. The van der Waals surface area contributed by atoms with Crippen molar-refractivity contribution in [1.82, 2.24) is 20.4 Å². The molecule has 142 valence electrons. The van der Waals surface area contributed by atoms with E-state index in [1.54, 1.807) is 19.0 Å². The first-order valence-corrected chi connectivity index (χ1v) is 8.97. The highest BCUT2D eigenvalue weighted by Crippen LogP contribution is 2.15. The van der Waals surface area contributed by atoms with Crippen LogP contribution in [0.4, 0.5) is 0 Å². The second-order valence-corrected chi connectivity index (χ2v) is 6.64. The molecule has 0 unspecified atom stereocenters. The van der Waals surface area contributed by atoms with Crippen LogP contribution in [0.25, 0.3) is 0 Å². The first-order valence-electron chi connectivity index (χ1n) is 8.97. The van der Waals surface area contributed by atoms with E-state index < -0.39 is 0 Å². The third-order valence-electron chi connectivity index (χ3n) is 4.29. The fourth-order valence-electron chi connectivity index (χ4n) is 2.58. The molecule has 1 amide bonds. The maximum Gasteiger partial charge on any atom is 0.243 e. The second kappa shape index (κ2) is 13.7. The average molecular weight is 453 g/mol. The summed E-state index contributed by atoms with van der Waals surface area (Å²) in [5.74, 6) is 1.65. The molecule has 0 bridgehead atoms. The minimum absolute atomic E-state index is 0. The Morgan fingerprint density at radius 1 is 1.21 bits per heavy atom. The Balaban J connectivity index is 0.00000529. The summed E-state index contributed by atoms with van der Waals surface area (Å²) in [4.78, 5) is 20.0. The number of carbonyl (C=O) groups is 1. The number of nitrogens with zero attached hydrogens (tertiary/aromatic N) is 3. The van der Waals surface area contributed by atoms with Crippen LogP contribution in [-0.2, 0) is 4.79 Å². The van der Waals surface area contributed by atoms with Gasteiger partial charge in [0.15, 0.2) is 5.96 Å². The number of carbonyl (C=O) groups excluding carboxylic acids is 1. The number of unbranched alkanes of at least 4 members (excludes halogenated alkanes) is 1. The summed E-state index contributed by atoms with van der Waals surface area (Å²) < 4.78 is 0. The zero-order valence-electron chi connectivity index (χ0n) is 15.8. The van der Waals surface area contributed by atoms with Crippen molar-refractivity contribution in [3.05, 3.63) is 0 Å². The van der Waals surface area contributed by atoms with Crippen LogP contribution in [0.1, 0.15) is 39.5 Å². The molecule has 7 heteroatoms. The Bertz CT molecular complexity index is 368. The summed E-state index contributed by atoms with van der Waals surface area (Å²) in [6, 6.07) is 0. The Morgan fingerprint density at radius 2 is 1.88 bits per heavy atom. The number of nitrogens with one attached hydrogen (secondary N) is 2. The molecule has 0 aromatic rings. The summed E-state index contributed by atoms with van der Waals surface area (Å²) in [5.41, 5.74) is 0. The minimum Gasteiger partial charge on any atom is -0.357 e. The summed E-state index contributed by atoms with van der Waals surface area (Å²) in [6.45, 7) is 9.97. The molecule has 1 saturated heterocycles. The van der Waals surface area contributed by atoms with E-state index in [2.05, 4.69) is 27.4 Å². The zero-order chi connectivity index (χ0) is 17.1. The van der Waals surface area contributed by atoms with E-state index >= 15 is 0 Å². The highest BCUT2D eigenvalue weighted by Gasteiger charge is 2.14. The lowest BCUT2D eigenvalue weighted by Gasteiger charge is -2.30. The molecule has 0 aromatic heterocycles. The monoisotopic (exact) mass is 453 g/mol. The number of hydrogen-bond donors (Lipinski definition) is 2. The van der Waals surface area contributed by atoms with E-state index in [0.29, 0.717) is 0 Å². The van der Waals surface area contributed by atoms with Gasteiger partial charge in [-0.05, 0) is 58.2 Å². The minimum atomic E-state index is 0. The number of likely N-dealkylation sites (tertiary alicyclic amines) is 1. The Hall–Kier alpha value is -0.570. The van der Waals surface area contributed by atoms with Gasteiger partial charge in [0.2, 0.25) is 5.91 Å². The Morgan fingerprint density at radius 3 is 2.46 bits per heavy atom. The molecule has 1 aliphatic heterocycles. The van der Waals surface area contributed by atoms with Gasteiger partial charge in [-0.15, -0.1) is 24.0 Å². The molecular weight excluding hydrogens is 417 g/mol. The van der Waals surface area contributed by atoms with E-state index in [0.717, 1.165) is 31.4 Å². The molecule has 24 heavy (non-hydrogen) atoms. The van der Waals surface area contributed by atoms with Gasteiger partial charge < -0.3 is 20.4 Å². The van der Waals surface area contributed by atoms with Gasteiger partial charge in [-0.2, -0.15) is 0 Å². The number of piperidine rings is 1. The van der Waals surface area contributed by atoms with E-state index in [1.807, 2.05) is 6.92 Å². The van der Waals surface area contributed by atoms with Crippen LogP contribution in [0.2, 0.25) is 0 Å². The number of amides is 1. The van der Waals surface area contributed by atoms with Gasteiger partial charge in [0.1, 0.15) is 6.54 Å². The Labute approximate surface area is 164 Å². The summed E-state index contributed by atoms with van der Waals surface area (Å²) in [6.07, 6.45) is 5.01. The van der Waals surface area contributed by atoms with Crippen LogP contribution >= 0.6 is 24.0 Å². The van der Waals surface area contributed by atoms with Gasteiger partial charge in [-0.1, -0.05) is 6.92 Å². The van der Waals surface area contributed by atoms with E-state index in [-0.39, 0.29) is 36.4 Å². The third-order valence-corrected chi connectivity index (χ3v) is 4.29. The van der Waals surface area contributed by atoms with Crippen LogP contribution in [0, 0.1) is 5.92 Å². The van der Waals surface area contributed by atoms with Crippen LogP contribution in [-0.4, -0.2) is 75.0 Å². The predicted octanol–water partition coefficient (Wildman–Crippen LogP) is 1.76. The Kier molecular flexibility index (Phi) is 13.4. The molecule has 0 radical (unpaired) electrons. The zero-order valence-corrected chi connectivity index (χ0v) is 18.1. The summed E-state index contributed by atoms with van der Waals surface area (Å²) in [7, 11) is 3.50. The number of rotatable bonds is 8. The number of halogens is 1. The number of aliphatic imine (C=N–C) groups is 1. The fraction of sp³-hybridized carbons (Fsp3) is 0.882. The van der Waals surface area contributed by atoms with Crippen molar-refractivity contribution in [2.75, 3.05) is 53.4 Å². The molecule has 1 rings (SSSR count). The molecule has 1 fully saturated rings. The largest absolute Gasteiger partial charge is 0.357 e. The van der Waals surface area contributed by atoms with Crippen LogP contribution < -0.4 is 10.6 Å². The maximum absolute atomic E-state index is 11.6. The van der Waals surface area contributed by atoms with Crippen molar-refractivity contribution in [1.29, 1.82) is 0 Å². The van der Waals surface area contributed by atoms with Gasteiger partial charge in [-0.3, -0.25) is 4.79 Å². The van der Waals surface area contributed by atoms with Gasteiger partial charge in [0.25, 0.3) is 0 Å². The number of guanidine groups is 1. The summed E-state index contributed by atoms with van der Waals surface area (Å²) in [5, 5.41) is 6.49. The van der Waals surface area contributed by atoms with Crippen molar-refractivity contribution in [2.24, 2.45) is 10.9 Å². The lowest BCUT2D eigenvalue weighted by Crippen LogP contribution is -2.39. The van der Waals surface area contributed by atoms with Crippen LogP contribution in [0.5, 0.6) is 0 Å². The highest BCUT2D eigenvalue weighted by molar-refractivity contribution is 14.0. The SMILES string of the molecule is CCNC(=NCC(=O)N(C)C)NCCCCN1CCC(C)CC1.I. The smallest absolute Gasteiger partial charge is 0.243 e. The van der Waals surface area contributed by atoms with Gasteiger partial charge >= 0.3 is 0 Å². The molecule has 0 spiro atoms. The first-order chi connectivity index (χ1) is 11.0. The molecular formula is C17H36IN5O. The van der Waals surface area contributed by atoms with Crippen molar-refractivity contribution in [3.63, 3.8) is 0 Å². The molecule has 0 atom stereocenters. The van der Waals surface area contributed by atoms with Crippen molar-refractivity contribution in [2.45, 2.75) is 39.5 Å². The molecule has 0 saturated carbocycles. The van der Waals surface area contributed by atoms with Gasteiger partial charge in [0, 0.05) is 27.2 Å².